The number of ether oxygens (including phenoxy) is 1. The SMILES string of the molecule is O=[N+]([O-])c1ccc(OCCC2CCCCN2)c(C(F)F)c1. The third-order valence-corrected chi connectivity index (χ3v) is 3.58. The van der Waals surface area contributed by atoms with Crippen molar-refractivity contribution in [2.75, 3.05) is 13.2 Å². The van der Waals surface area contributed by atoms with Crippen molar-refractivity contribution < 1.29 is 18.4 Å². The second kappa shape index (κ2) is 7.31. The summed E-state index contributed by atoms with van der Waals surface area (Å²) < 4.78 is 31.3. The van der Waals surface area contributed by atoms with E-state index >= 15 is 0 Å². The van der Waals surface area contributed by atoms with Crippen molar-refractivity contribution in [3.63, 3.8) is 0 Å². The summed E-state index contributed by atoms with van der Waals surface area (Å²) in [4.78, 5) is 9.93. The summed E-state index contributed by atoms with van der Waals surface area (Å²) in [7, 11) is 0. The lowest BCUT2D eigenvalue weighted by Gasteiger charge is -2.23. The number of nitro benzene ring substituents is 1. The van der Waals surface area contributed by atoms with Crippen LogP contribution in [0, 0.1) is 10.1 Å². The fraction of sp³-hybridized carbons (Fsp3) is 0.571. The molecule has 1 heterocycles. The maximum Gasteiger partial charge on any atom is 0.270 e. The number of benzene rings is 1. The highest BCUT2D eigenvalue weighted by atomic mass is 19.3. The number of piperidine rings is 1. The Hall–Kier alpha value is -1.76. The van der Waals surface area contributed by atoms with Gasteiger partial charge in [-0.15, -0.1) is 0 Å². The molecule has 2 rings (SSSR count). The van der Waals surface area contributed by atoms with E-state index in [0.29, 0.717) is 12.6 Å². The fourth-order valence-electron chi connectivity index (χ4n) is 2.43. The minimum Gasteiger partial charge on any atom is -0.493 e. The normalized spacial score (nSPS) is 18.7. The lowest BCUT2D eigenvalue weighted by molar-refractivity contribution is -0.385. The molecule has 1 fully saturated rings. The molecule has 1 unspecified atom stereocenters. The Labute approximate surface area is 121 Å². The van der Waals surface area contributed by atoms with Gasteiger partial charge >= 0.3 is 0 Å². The number of halogens is 2. The Morgan fingerprint density at radius 2 is 2.24 bits per heavy atom. The number of nitrogens with zero attached hydrogens (tertiary/aromatic N) is 1. The van der Waals surface area contributed by atoms with Gasteiger partial charge in [0, 0.05) is 18.2 Å². The highest BCUT2D eigenvalue weighted by molar-refractivity contribution is 5.44. The van der Waals surface area contributed by atoms with Crippen molar-refractivity contribution in [3.05, 3.63) is 33.9 Å². The van der Waals surface area contributed by atoms with Gasteiger partial charge < -0.3 is 10.1 Å². The largest absolute Gasteiger partial charge is 0.493 e. The molecule has 1 atom stereocenters. The third kappa shape index (κ3) is 4.35. The minimum atomic E-state index is -2.80. The number of hydrogen-bond donors (Lipinski definition) is 1. The van der Waals surface area contributed by atoms with Gasteiger partial charge in [-0.3, -0.25) is 10.1 Å². The van der Waals surface area contributed by atoms with Crippen LogP contribution in [0.15, 0.2) is 18.2 Å². The van der Waals surface area contributed by atoms with Crippen LogP contribution in [0.2, 0.25) is 0 Å². The fourth-order valence-corrected chi connectivity index (χ4v) is 2.43. The lowest BCUT2D eigenvalue weighted by Crippen LogP contribution is -2.35. The Bertz CT molecular complexity index is 491. The topological polar surface area (TPSA) is 64.4 Å². The standard InChI is InChI=1S/C14H18F2N2O3/c15-14(16)12-9-11(18(19)20)4-5-13(12)21-8-6-10-3-1-2-7-17-10/h4-5,9-10,14,17H,1-3,6-8H2. The van der Waals surface area contributed by atoms with Crippen molar-refractivity contribution in [2.45, 2.75) is 38.2 Å². The van der Waals surface area contributed by atoms with Gasteiger partial charge in [-0.2, -0.15) is 0 Å². The zero-order valence-corrected chi connectivity index (χ0v) is 11.6. The molecule has 5 nitrogen and oxygen atoms in total. The summed E-state index contributed by atoms with van der Waals surface area (Å²) in [6.07, 6.45) is 1.32. The molecular weight excluding hydrogens is 282 g/mol. The number of rotatable bonds is 6. The van der Waals surface area contributed by atoms with E-state index in [2.05, 4.69) is 5.32 Å². The molecule has 0 aliphatic carbocycles. The van der Waals surface area contributed by atoms with E-state index in [9.17, 15) is 18.9 Å². The van der Waals surface area contributed by atoms with Gasteiger partial charge in [-0.25, -0.2) is 8.78 Å². The Kier molecular flexibility index (Phi) is 5.44. The molecule has 1 aliphatic rings. The Balaban J connectivity index is 1.96. The molecule has 0 spiro atoms. The summed E-state index contributed by atoms with van der Waals surface area (Å²) in [5.41, 5.74) is -0.785. The predicted octanol–water partition coefficient (Wildman–Crippen LogP) is 3.44. The molecule has 7 heteroatoms. The molecule has 116 valence electrons. The number of nitrogens with one attached hydrogen (secondary N) is 1. The van der Waals surface area contributed by atoms with Crippen LogP contribution < -0.4 is 10.1 Å². The molecule has 1 aromatic rings. The summed E-state index contributed by atoms with van der Waals surface area (Å²) in [6, 6.07) is 3.65. The number of nitro groups is 1. The van der Waals surface area contributed by atoms with E-state index in [4.69, 9.17) is 4.74 Å². The molecule has 0 bridgehead atoms. The van der Waals surface area contributed by atoms with Crippen LogP contribution in [0.1, 0.15) is 37.7 Å². The third-order valence-electron chi connectivity index (χ3n) is 3.58. The van der Waals surface area contributed by atoms with E-state index in [1.807, 2.05) is 0 Å². The van der Waals surface area contributed by atoms with Crippen molar-refractivity contribution in [1.82, 2.24) is 5.32 Å². The zero-order valence-electron chi connectivity index (χ0n) is 11.6. The maximum absolute atomic E-state index is 12.9. The summed E-state index contributed by atoms with van der Waals surface area (Å²) in [6.45, 7) is 1.29. The van der Waals surface area contributed by atoms with Gasteiger partial charge in [0.2, 0.25) is 0 Å². The van der Waals surface area contributed by atoms with Crippen molar-refractivity contribution in [1.29, 1.82) is 0 Å². The van der Waals surface area contributed by atoms with Crippen LogP contribution in [-0.2, 0) is 0 Å². The van der Waals surface area contributed by atoms with E-state index in [1.54, 1.807) is 0 Å². The Morgan fingerprint density at radius 1 is 1.43 bits per heavy atom. The van der Waals surface area contributed by atoms with Crippen LogP contribution in [0.4, 0.5) is 14.5 Å². The average Bonchev–Trinajstić information content (AvgIpc) is 2.48. The van der Waals surface area contributed by atoms with Crippen LogP contribution in [0.5, 0.6) is 5.75 Å². The van der Waals surface area contributed by atoms with Gasteiger partial charge in [0.1, 0.15) is 5.75 Å². The lowest BCUT2D eigenvalue weighted by atomic mass is 10.0. The highest BCUT2D eigenvalue weighted by Crippen LogP contribution is 2.32. The molecule has 1 N–H and O–H groups in total. The first-order chi connectivity index (χ1) is 10.1. The summed E-state index contributed by atoms with van der Waals surface area (Å²) >= 11 is 0. The van der Waals surface area contributed by atoms with Crippen molar-refractivity contribution in [3.8, 4) is 5.75 Å². The van der Waals surface area contributed by atoms with Gasteiger partial charge in [0.15, 0.2) is 0 Å². The van der Waals surface area contributed by atoms with Gasteiger partial charge in [0.05, 0.1) is 17.1 Å². The van der Waals surface area contributed by atoms with Crippen molar-refractivity contribution >= 4 is 5.69 Å². The van der Waals surface area contributed by atoms with E-state index < -0.39 is 16.9 Å². The molecule has 0 amide bonds. The maximum atomic E-state index is 12.9. The van der Waals surface area contributed by atoms with Crippen LogP contribution in [0.3, 0.4) is 0 Å². The van der Waals surface area contributed by atoms with Gasteiger partial charge in [0.25, 0.3) is 12.1 Å². The number of hydrogen-bond acceptors (Lipinski definition) is 4. The first-order valence-electron chi connectivity index (χ1n) is 7.00. The molecule has 1 saturated heterocycles. The smallest absolute Gasteiger partial charge is 0.270 e. The van der Waals surface area contributed by atoms with Gasteiger partial charge in [-0.1, -0.05) is 6.42 Å². The van der Waals surface area contributed by atoms with Crippen molar-refractivity contribution in [2.24, 2.45) is 0 Å². The second-order valence-electron chi connectivity index (χ2n) is 5.06. The first-order valence-corrected chi connectivity index (χ1v) is 7.00. The molecule has 0 saturated carbocycles. The number of non-ortho nitro benzene ring substituents is 1. The molecule has 21 heavy (non-hydrogen) atoms. The second-order valence-corrected chi connectivity index (χ2v) is 5.06. The van der Waals surface area contributed by atoms with Crippen LogP contribution in [-0.4, -0.2) is 24.1 Å². The average molecular weight is 300 g/mol. The van der Waals surface area contributed by atoms with E-state index in [-0.39, 0.29) is 11.4 Å². The van der Waals surface area contributed by atoms with Gasteiger partial charge in [-0.05, 0) is 31.9 Å². The molecule has 0 radical (unpaired) electrons. The first kappa shape index (κ1) is 15.6. The number of alkyl halides is 2. The van der Waals surface area contributed by atoms with Crippen LogP contribution in [0.25, 0.3) is 0 Å². The molecule has 1 aromatic carbocycles. The van der Waals surface area contributed by atoms with E-state index in [0.717, 1.165) is 38.3 Å². The molecule has 0 aromatic heterocycles. The summed E-state index contributed by atoms with van der Waals surface area (Å²) in [5, 5.41) is 14.0. The predicted molar refractivity (Wildman–Crippen MR) is 73.8 cm³/mol. The molecular formula is C14H18F2N2O3. The van der Waals surface area contributed by atoms with E-state index in [1.165, 1.54) is 12.1 Å². The van der Waals surface area contributed by atoms with Crippen LogP contribution >= 0.6 is 0 Å². The molecule has 1 aliphatic heterocycles. The highest BCUT2D eigenvalue weighted by Gasteiger charge is 2.19. The zero-order chi connectivity index (χ0) is 15.2. The minimum absolute atomic E-state index is 0.0198. The Morgan fingerprint density at radius 3 is 2.86 bits per heavy atom. The monoisotopic (exact) mass is 300 g/mol. The summed E-state index contributed by atoms with van der Waals surface area (Å²) in [5.74, 6) is 0.0198. The quantitative estimate of drug-likeness (QED) is 0.645.